The second kappa shape index (κ2) is 7.46. The third kappa shape index (κ3) is 4.37. The number of rotatable bonds is 7. The minimum absolute atomic E-state index is 0.155. The Morgan fingerprint density at radius 2 is 2.00 bits per heavy atom. The van der Waals surface area contributed by atoms with E-state index >= 15 is 0 Å². The van der Waals surface area contributed by atoms with Crippen molar-refractivity contribution >= 4 is 11.6 Å². The van der Waals surface area contributed by atoms with Crippen LogP contribution in [-0.2, 0) is 11.3 Å². The topological polar surface area (TPSA) is 47.9 Å². The van der Waals surface area contributed by atoms with Gasteiger partial charge in [-0.1, -0.05) is 11.6 Å². The zero-order chi connectivity index (χ0) is 13.5. The third-order valence-electron chi connectivity index (χ3n) is 2.27. The van der Waals surface area contributed by atoms with E-state index in [-0.39, 0.29) is 12.7 Å². The van der Waals surface area contributed by atoms with E-state index in [1.54, 1.807) is 12.1 Å². The van der Waals surface area contributed by atoms with Gasteiger partial charge in [0.1, 0.15) is 6.61 Å². The molecular weight excluding hydrogens is 256 g/mol. The molecule has 0 atom stereocenters. The summed E-state index contributed by atoms with van der Waals surface area (Å²) in [5, 5.41) is 9.78. The van der Waals surface area contributed by atoms with Crippen LogP contribution in [0, 0.1) is 0 Å². The molecule has 0 radical (unpaired) electrons. The fourth-order valence-corrected chi connectivity index (χ4v) is 1.71. The van der Waals surface area contributed by atoms with Gasteiger partial charge in [-0.3, -0.25) is 0 Å². The zero-order valence-electron chi connectivity index (χ0n) is 10.9. The second-order valence-corrected chi connectivity index (χ2v) is 4.46. The van der Waals surface area contributed by atoms with Crippen molar-refractivity contribution in [1.29, 1.82) is 0 Å². The van der Waals surface area contributed by atoms with Crippen molar-refractivity contribution < 1.29 is 19.3 Å². The van der Waals surface area contributed by atoms with Crippen LogP contribution in [0.15, 0.2) is 12.1 Å². The number of aliphatic hydroxyl groups is 1. The van der Waals surface area contributed by atoms with Gasteiger partial charge in [-0.25, -0.2) is 0 Å². The first-order valence-electron chi connectivity index (χ1n) is 5.80. The minimum atomic E-state index is -0.155. The molecule has 0 amide bonds. The molecular formula is C13H19ClO4. The second-order valence-electron chi connectivity index (χ2n) is 4.02. The molecule has 0 fully saturated rings. The molecule has 1 aromatic carbocycles. The minimum Gasteiger partial charge on any atom is -0.493 e. The molecule has 0 saturated carbocycles. The first kappa shape index (κ1) is 15.1. The average molecular weight is 275 g/mol. The maximum Gasteiger partial charge on any atom is 0.166 e. The van der Waals surface area contributed by atoms with Crippen molar-refractivity contribution in [3.8, 4) is 11.5 Å². The lowest BCUT2D eigenvalue weighted by atomic mass is 10.2. The van der Waals surface area contributed by atoms with Crippen molar-refractivity contribution in [2.24, 2.45) is 0 Å². The number of hydrogen-bond donors (Lipinski definition) is 1. The molecule has 1 N–H and O–H groups in total. The summed E-state index contributed by atoms with van der Waals surface area (Å²) in [5.74, 6) is 1.02. The normalized spacial score (nSPS) is 10.8. The van der Waals surface area contributed by atoms with Crippen LogP contribution in [0.5, 0.6) is 11.5 Å². The lowest BCUT2D eigenvalue weighted by Gasteiger charge is -2.15. The number of hydrogen-bond acceptors (Lipinski definition) is 4. The Balaban J connectivity index is 2.73. The predicted octanol–water partition coefficient (Wildman–Crippen LogP) is 2.64. The van der Waals surface area contributed by atoms with E-state index < -0.39 is 0 Å². The van der Waals surface area contributed by atoms with Crippen molar-refractivity contribution in [1.82, 2.24) is 0 Å². The number of methoxy groups -OCH3 is 1. The fraction of sp³-hybridized carbons (Fsp3) is 0.538. The molecule has 0 bridgehead atoms. The van der Waals surface area contributed by atoms with Crippen LogP contribution in [0.25, 0.3) is 0 Å². The standard InChI is InChI=1S/C13H19ClO4/c1-9(2)17-4-5-18-13-10(8-15)6-11(14)7-12(13)16-3/h6-7,9,15H,4-5,8H2,1-3H3. The van der Waals surface area contributed by atoms with Crippen LogP contribution >= 0.6 is 11.6 Å². The SMILES string of the molecule is COc1cc(Cl)cc(CO)c1OCCOC(C)C. The molecule has 0 heterocycles. The van der Waals surface area contributed by atoms with Gasteiger partial charge in [-0.15, -0.1) is 0 Å². The van der Waals surface area contributed by atoms with Gasteiger partial charge in [-0.05, 0) is 19.9 Å². The van der Waals surface area contributed by atoms with Crippen molar-refractivity contribution in [3.05, 3.63) is 22.7 Å². The Kier molecular flexibility index (Phi) is 6.25. The molecule has 0 aliphatic rings. The van der Waals surface area contributed by atoms with E-state index in [0.717, 1.165) is 0 Å². The van der Waals surface area contributed by atoms with Crippen LogP contribution < -0.4 is 9.47 Å². The van der Waals surface area contributed by atoms with Crippen LogP contribution in [-0.4, -0.2) is 31.5 Å². The molecule has 102 valence electrons. The Morgan fingerprint density at radius 1 is 1.28 bits per heavy atom. The molecule has 0 spiro atoms. The predicted molar refractivity (Wildman–Crippen MR) is 70.5 cm³/mol. The first-order valence-corrected chi connectivity index (χ1v) is 6.18. The molecule has 4 nitrogen and oxygen atoms in total. The molecule has 0 aliphatic carbocycles. The van der Waals surface area contributed by atoms with Crippen molar-refractivity contribution in [2.45, 2.75) is 26.6 Å². The Morgan fingerprint density at radius 3 is 2.56 bits per heavy atom. The molecule has 0 saturated heterocycles. The number of aliphatic hydroxyl groups excluding tert-OH is 1. The van der Waals surface area contributed by atoms with Crippen LogP contribution in [0.2, 0.25) is 5.02 Å². The van der Waals surface area contributed by atoms with E-state index in [9.17, 15) is 5.11 Å². The number of halogens is 1. The highest BCUT2D eigenvalue weighted by Gasteiger charge is 2.12. The van der Waals surface area contributed by atoms with E-state index in [0.29, 0.717) is 35.3 Å². The zero-order valence-corrected chi connectivity index (χ0v) is 11.7. The number of ether oxygens (including phenoxy) is 3. The van der Waals surface area contributed by atoms with E-state index in [1.807, 2.05) is 13.8 Å². The summed E-state index contributed by atoms with van der Waals surface area (Å²) in [4.78, 5) is 0. The highest BCUT2D eigenvalue weighted by atomic mass is 35.5. The molecule has 0 aromatic heterocycles. The van der Waals surface area contributed by atoms with Crippen molar-refractivity contribution in [3.63, 3.8) is 0 Å². The first-order chi connectivity index (χ1) is 8.58. The monoisotopic (exact) mass is 274 g/mol. The van der Waals surface area contributed by atoms with E-state index in [1.165, 1.54) is 7.11 Å². The Hall–Kier alpha value is -0.970. The van der Waals surface area contributed by atoms with E-state index in [2.05, 4.69) is 0 Å². The summed E-state index contributed by atoms with van der Waals surface area (Å²) in [6, 6.07) is 3.31. The van der Waals surface area contributed by atoms with Gasteiger partial charge < -0.3 is 19.3 Å². The largest absolute Gasteiger partial charge is 0.493 e. The highest BCUT2D eigenvalue weighted by Crippen LogP contribution is 2.34. The Bertz CT molecular complexity index is 354. The maximum atomic E-state index is 9.28. The summed E-state index contributed by atoms with van der Waals surface area (Å²) in [6.45, 7) is 4.64. The van der Waals surface area contributed by atoms with Gasteiger partial charge in [0.2, 0.25) is 0 Å². The lowest BCUT2D eigenvalue weighted by Crippen LogP contribution is -2.12. The van der Waals surface area contributed by atoms with E-state index in [4.69, 9.17) is 25.8 Å². The molecule has 1 rings (SSSR count). The molecule has 0 unspecified atom stereocenters. The quantitative estimate of drug-likeness (QED) is 0.777. The summed E-state index contributed by atoms with van der Waals surface area (Å²) in [6.07, 6.45) is 0.165. The van der Waals surface area contributed by atoms with Gasteiger partial charge in [-0.2, -0.15) is 0 Å². The molecule has 5 heteroatoms. The van der Waals surface area contributed by atoms with Gasteiger partial charge in [0, 0.05) is 16.7 Å². The van der Waals surface area contributed by atoms with Gasteiger partial charge >= 0.3 is 0 Å². The summed E-state index contributed by atoms with van der Waals surface area (Å²) in [5.41, 5.74) is 0.601. The number of benzene rings is 1. The summed E-state index contributed by atoms with van der Waals surface area (Å²) >= 11 is 5.91. The summed E-state index contributed by atoms with van der Waals surface area (Å²) in [7, 11) is 1.53. The molecule has 18 heavy (non-hydrogen) atoms. The smallest absolute Gasteiger partial charge is 0.166 e. The van der Waals surface area contributed by atoms with Gasteiger partial charge in [0.05, 0.1) is 26.4 Å². The van der Waals surface area contributed by atoms with Gasteiger partial charge in [0.25, 0.3) is 0 Å². The van der Waals surface area contributed by atoms with Crippen LogP contribution in [0.3, 0.4) is 0 Å². The molecule has 0 aliphatic heterocycles. The third-order valence-corrected chi connectivity index (χ3v) is 2.49. The van der Waals surface area contributed by atoms with Gasteiger partial charge in [0.15, 0.2) is 11.5 Å². The maximum absolute atomic E-state index is 9.28. The Labute approximate surface area is 112 Å². The lowest BCUT2D eigenvalue weighted by molar-refractivity contribution is 0.0541. The highest BCUT2D eigenvalue weighted by molar-refractivity contribution is 6.30. The average Bonchev–Trinajstić information content (AvgIpc) is 2.34. The summed E-state index contributed by atoms with van der Waals surface area (Å²) < 4.78 is 16.2. The molecule has 1 aromatic rings. The fourth-order valence-electron chi connectivity index (χ4n) is 1.48. The van der Waals surface area contributed by atoms with Crippen LogP contribution in [0.1, 0.15) is 19.4 Å². The van der Waals surface area contributed by atoms with Crippen LogP contribution in [0.4, 0.5) is 0 Å². The van der Waals surface area contributed by atoms with Crippen molar-refractivity contribution in [2.75, 3.05) is 20.3 Å².